The SMILES string of the molecule is Nc1ncnc2ncn(CCCN3CCN(c4cccc(Cl)c4)CC3)c12. The van der Waals surface area contributed by atoms with Gasteiger partial charge in [-0.25, -0.2) is 15.0 Å². The molecule has 3 heterocycles. The highest BCUT2D eigenvalue weighted by Gasteiger charge is 2.17. The van der Waals surface area contributed by atoms with Gasteiger partial charge in [0, 0.05) is 43.4 Å². The number of hydrogen-bond acceptors (Lipinski definition) is 6. The number of rotatable bonds is 5. The Morgan fingerprint density at radius 2 is 1.88 bits per heavy atom. The molecule has 4 rings (SSSR count). The second-order valence-corrected chi connectivity index (χ2v) is 6.97. The monoisotopic (exact) mass is 371 g/mol. The summed E-state index contributed by atoms with van der Waals surface area (Å²) in [5, 5.41) is 0.792. The second kappa shape index (κ2) is 7.47. The van der Waals surface area contributed by atoms with Crippen molar-refractivity contribution < 1.29 is 0 Å². The Morgan fingerprint density at radius 1 is 1.04 bits per heavy atom. The van der Waals surface area contributed by atoms with Crippen LogP contribution in [0.2, 0.25) is 5.02 Å². The van der Waals surface area contributed by atoms with Crippen LogP contribution in [0.4, 0.5) is 11.5 Å². The maximum absolute atomic E-state index is 6.10. The van der Waals surface area contributed by atoms with Gasteiger partial charge < -0.3 is 15.2 Å². The van der Waals surface area contributed by atoms with E-state index >= 15 is 0 Å². The van der Waals surface area contributed by atoms with Gasteiger partial charge in [-0.15, -0.1) is 0 Å². The molecule has 0 radical (unpaired) electrons. The maximum atomic E-state index is 6.10. The van der Waals surface area contributed by atoms with Gasteiger partial charge in [0.05, 0.1) is 6.33 Å². The zero-order chi connectivity index (χ0) is 17.9. The van der Waals surface area contributed by atoms with Gasteiger partial charge in [0.1, 0.15) is 11.8 Å². The summed E-state index contributed by atoms with van der Waals surface area (Å²) in [4.78, 5) is 17.4. The summed E-state index contributed by atoms with van der Waals surface area (Å²) in [5.74, 6) is 0.489. The molecule has 136 valence electrons. The Balaban J connectivity index is 1.29. The molecule has 26 heavy (non-hydrogen) atoms. The van der Waals surface area contributed by atoms with Crippen LogP contribution < -0.4 is 10.6 Å². The molecule has 0 atom stereocenters. The number of nitrogens with two attached hydrogens (primary N) is 1. The van der Waals surface area contributed by atoms with Crippen LogP contribution >= 0.6 is 11.6 Å². The minimum absolute atomic E-state index is 0.489. The summed E-state index contributed by atoms with van der Waals surface area (Å²) in [6.45, 7) is 6.08. The predicted molar refractivity (Wildman–Crippen MR) is 104 cm³/mol. The molecule has 0 bridgehead atoms. The minimum atomic E-state index is 0.489. The normalized spacial score (nSPS) is 15.7. The molecule has 1 aliphatic rings. The molecule has 0 amide bonds. The number of hydrogen-bond donors (Lipinski definition) is 1. The fourth-order valence-electron chi connectivity index (χ4n) is 3.47. The van der Waals surface area contributed by atoms with E-state index in [-0.39, 0.29) is 0 Å². The molecule has 2 aromatic heterocycles. The molecule has 0 spiro atoms. The van der Waals surface area contributed by atoms with Crippen molar-refractivity contribution in [2.45, 2.75) is 13.0 Å². The van der Waals surface area contributed by atoms with Gasteiger partial charge in [-0.05, 0) is 31.2 Å². The molecule has 8 heteroatoms. The molecule has 1 fully saturated rings. The highest BCUT2D eigenvalue weighted by atomic mass is 35.5. The van der Waals surface area contributed by atoms with Crippen LogP contribution in [-0.2, 0) is 6.54 Å². The lowest BCUT2D eigenvalue weighted by atomic mass is 10.2. The first-order chi connectivity index (χ1) is 12.7. The van der Waals surface area contributed by atoms with E-state index in [0.717, 1.165) is 56.2 Å². The Morgan fingerprint density at radius 3 is 2.69 bits per heavy atom. The van der Waals surface area contributed by atoms with Gasteiger partial charge in [0.25, 0.3) is 0 Å². The van der Waals surface area contributed by atoms with Gasteiger partial charge in [-0.1, -0.05) is 17.7 Å². The average molecular weight is 372 g/mol. The summed E-state index contributed by atoms with van der Waals surface area (Å²) in [6, 6.07) is 8.08. The minimum Gasteiger partial charge on any atom is -0.382 e. The van der Waals surface area contributed by atoms with Gasteiger partial charge in [0.2, 0.25) is 0 Å². The number of fused-ring (bicyclic) bond motifs is 1. The summed E-state index contributed by atoms with van der Waals surface area (Å²) in [7, 11) is 0. The number of halogens is 1. The van der Waals surface area contributed by atoms with E-state index in [1.165, 1.54) is 12.0 Å². The van der Waals surface area contributed by atoms with E-state index in [4.69, 9.17) is 17.3 Å². The summed E-state index contributed by atoms with van der Waals surface area (Å²) in [6.07, 6.45) is 4.29. The average Bonchev–Trinajstić information content (AvgIpc) is 3.07. The molecule has 1 aliphatic heterocycles. The fraction of sp³-hybridized carbons (Fsp3) is 0.389. The number of aromatic nitrogens is 4. The zero-order valence-electron chi connectivity index (χ0n) is 14.6. The quantitative estimate of drug-likeness (QED) is 0.741. The van der Waals surface area contributed by atoms with Crippen molar-refractivity contribution in [2.24, 2.45) is 0 Å². The predicted octanol–water partition coefficient (Wildman–Crippen LogP) is 2.27. The summed E-state index contributed by atoms with van der Waals surface area (Å²) < 4.78 is 2.05. The van der Waals surface area contributed by atoms with Crippen molar-refractivity contribution in [3.05, 3.63) is 41.9 Å². The number of benzene rings is 1. The second-order valence-electron chi connectivity index (χ2n) is 6.53. The van der Waals surface area contributed by atoms with E-state index in [1.54, 1.807) is 6.33 Å². The smallest absolute Gasteiger partial charge is 0.182 e. The van der Waals surface area contributed by atoms with Crippen LogP contribution in [0.25, 0.3) is 11.2 Å². The van der Waals surface area contributed by atoms with Gasteiger partial charge in [-0.3, -0.25) is 4.90 Å². The van der Waals surface area contributed by atoms with E-state index in [9.17, 15) is 0 Å². The van der Waals surface area contributed by atoms with Crippen molar-refractivity contribution in [2.75, 3.05) is 43.4 Å². The first-order valence-electron chi connectivity index (χ1n) is 8.85. The Kier molecular flexibility index (Phi) is 4.90. The summed E-state index contributed by atoms with van der Waals surface area (Å²) >= 11 is 6.10. The van der Waals surface area contributed by atoms with Crippen LogP contribution in [0.1, 0.15) is 6.42 Å². The van der Waals surface area contributed by atoms with Crippen LogP contribution in [0.15, 0.2) is 36.9 Å². The van der Waals surface area contributed by atoms with E-state index in [2.05, 4.69) is 30.8 Å². The van der Waals surface area contributed by atoms with Crippen molar-refractivity contribution >= 4 is 34.3 Å². The number of piperazine rings is 1. The number of nitrogen functional groups attached to an aromatic ring is 1. The fourth-order valence-corrected chi connectivity index (χ4v) is 3.66. The first kappa shape index (κ1) is 17.1. The Labute approximate surface area is 157 Å². The molecule has 0 aliphatic carbocycles. The lowest BCUT2D eigenvalue weighted by Gasteiger charge is -2.36. The Bertz CT molecular complexity index is 886. The summed E-state index contributed by atoms with van der Waals surface area (Å²) in [5.41, 5.74) is 8.66. The highest BCUT2D eigenvalue weighted by molar-refractivity contribution is 6.30. The van der Waals surface area contributed by atoms with Crippen molar-refractivity contribution in [1.29, 1.82) is 0 Å². The van der Waals surface area contributed by atoms with Gasteiger partial charge in [0.15, 0.2) is 11.5 Å². The van der Waals surface area contributed by atoms with Crippen molar-refractivity contribution in [3.8, 4) is 0 Å². The number of anilines is 2. The highest BCUT2D eigenvalue weighted by Crippen LogP contribution is 2.21. The molecule has 2 N–H and O–H groups in total. The van der Waals surface area contributed by atoms with E-state index in [0.29, 0.717) is 11.5 Å². The third kappa shape index (κ3) is 3.59. The first-order valence-corrected chi connectivity index (χ1v) is 9.23. The van der Waals surface area contributed by atoms with Gasteiger partial charge in [-0.2, -0.15) is 0 Å². The van der Waals surface area contributed by atoms with Crippen LogP contribution in [0.3, 0.4) is 0 Å². The Hall–Kier alpha value is -2.38. The molecular formula is C18H22ClN7. The van der Waals surface area contributed by atoms with Crippen LogP contribution in [0, 0.1) is 0 Å². The molecular weight excluding hydrogens is 350 g/mol. The van der Waals surface area contributed by atoms with Crippen molar-refractivity contribution in [1.82, 2.24) is 24.4 Å². The molecule has 1 saturated heterocycles. The molecule has 0 unspecified atom stereocenters. The molecule has 3 aromatic rings. The van der Waals surface area contributed by atoms with Gasteiger partial charge >= 0.3 is 0 Å². The third-order valence-corrected chi connectivity index (χ3v) is 5.09. The van der Waals surface area contributed by atoms with Crippen molar-refractivity contribution in [3.63, 3.8) is 0 Å². The molecule has 7 nitrogen and oxygen atoms in total. The largest absolute Gasteiger partial charge is 0.382 e. The lowest BCUT2D eigenvalue weighted by molar-refractivity contribution is 0.251. The van der Waals surface area contributed by atoms with Crippen LogP contribution in [0.5, 0.6) is 0 Å². The van der Waals surface area contributed by atoms with Crippen LogP contribution in [-0.4, -0.2) is 57.1 Å². The lowest BCUT2D eigenvalue weighted by Crippen LogP contribution is -2.46. The topological polar surface area (TPSA) is 76.1 Å². The number of aryl methyl sites for hydroxylation is 1. The number of nitrogens with zero attached hydrogens (tertiary/aromatic N) is 6. The number of imidazole rings is 1. The molecule has 0 saturated carbocycles. The van der Waals surface area contributed by atoms with E-state index in [1.807, 2.05) is 22.8 Å². The third-order valence-electron chi connectivity index (χ3n) is 4.86. The van der Waals surface area contributed by atoms with E-state index < -0.39 is 0 Å². The standard InChI is InChI=1S/C18H22ClN7/c19-14-3-1-4-15(11-14)25-9-7-24(8-10-25)5-2-6-26-13-23-18-16(26)17(20)21-12-22-18/h1,3-4,11-13H,2,5-10H2,(H2,20,21,22). The zero-order valence-corrected chi connectivity index (χ0v) is 15.3. The maximum Gasteiger partial charge on any atom is 0.182 e. The molecule has 1 aromatic carbocycles.